The number of ether oxygens (including phenoxy) is 1. The van der Waals surface area contributed by atoms with Gasteiger partial charge >= 0.3 is 6.03 Å². The Labute approximate surface area is 204 Å². The number of nitrogens with zero attached hydrogens (tertiary/aromatic N) is 2. The lowest BCUT2D eigenvalue weighted by atomic mass is 9.87. The van der Waals surface area contributed by atoms with Gasteiger partial charge < -0.3 is 14.5 Å². The molecule has 2 aromatic rings. The average molecular weight is 487 g/mol. The van der Waals surface area contributed by atoms with Gasteiger partial charge in [-0.05, 0) is 48.4 Å². The molecule has 5 nitrogen and oxygen atoms in total. The van der Waals surface area contributed by atoms with Gasteiger partial charge in [-0.2, -0.15) is 0 Å². The van der Waals surface area contributed by atoms with Gasteiger partial charge in [-0.3, -0.25) is 4.79 Å². The number of amides is 2. The fraction of sp³-hybridized carbons (Fsp3) is 0.462. The van der Waals surface area contributed by atoms with E-state index in [4.69, 9.17) is 27.9 Å². The van der Waals surface area contributed by atoms with Crippen molar-refractivity contribution in [2.24, 2.45) is 5.92 Å². The molecule has 0 aliphatic carbocycles. The Hall–Kier alpha value is -2.08. The Balaban J connectivity index is 1.17. The zero-order chi connectivity index (χ0) is 22.9. The summed E-state index contributed by atoms with van der Waals surface area (Å²) in [5.41, 5.74) is 3.35. The number of hydrogen-bond acceptors (Lipinski definition) is 3. The molecule has 3 aliphatic heterocycles. The summed E-state index contributed by atoms with van der Waals surface area (Å²) in [6.07, 6.45) is 3.39. The summed E-state index contributed by atoms with van der Waals surface area (Å²) < 4.78 is 5.66. The van der Waals surface area contributed by atoms with Gasteiger partial charge in [0.2, 0.25) is 0 Å². The van der Waals surface area contributed by atoms with Gasteiger partial charge in [0.05, 0.1) is 6.10 Å². The summed E-state index contributed by atoms with van der Waals surface area (Å²) in [7, 11) is 0. The van der Waals surface area contributed by atoms with Crippen molar-refractivity contribution in [1.82, 2.24) is 9.80 Å². The number of likely N-dealkylation sites (tertiary alicyclic amines) is 2. The maximum absolute atomic E-state index is 13.1. The molecular weight excluding hydrogens is 459 g/mol. The third-order valence-electron chi connectivity index (χ3n) is 7.27. The van der Waals surface area contributed by atoms with Crippen molar-refractivity contribution in [1.29, 1.82) is 0 Å². The Morgan fingerprint density at radius 2 is 1.67 bits per heavy atom. The van der Waals surface area contributed by atoms with Gasteiger partial charge in [0.1, 0.15) is 6.61 Å². The van der Waals surface area contributed by atoms with Gasteiger partial charge in [0, 0.05) is 54.1 Å². The number of ketones is 1. The molecule has 3 saturated heterocycles. The van der Waals surface area contributed by atoms with E-state index in [0.29, 0.717) is 35.5 Å². The zero-order valence-electron chi connectivity index (χ0n) is 18.5. The van der Waals surface area contributed by atoms with Gasteiger partial charge in [0.25, 0.3) is 0 Å². The summed E-state index contributed by atoms with van der Waals surface area (Å²) in [6.45, 7) is 3.09. The summed E-state index contributed by atoms with van der Waals surface area (Å²) in [5.74, 6) is 0.740. The molecule has 0 N–H and O–H groups in total. The fourth-order valence-electron chi connectivity index (χ4n) is 5.41. The topological polar surface area (TPSA) is 49.9 Å². The minimum Gasteiger partial charge on any atom is -0.370 e. The summed E-state index contributed by atoms with van der Waals surface area (Å²) in [5, 5.41) is 1.28. The van der Waals surface area contributed by atoms with Crippen molar-refractivity contribution in [3.63, 3.8) is 0 Å². The molecular formula is C26H28Cl2N2O3. The molecule has 0 bridgehead atoms. The summed E-state index contributed by atoms with van der Waals surface area (Å²) in [4.78, 5) is 28.8. The van der Waals surface area contributed by atoms with Crippen LogP contribution in [-0.4, -0.2) is 60.5 Å². The van der Waals surface area contributed by atoms with Gasteiger partial charge in [-0.15, -0.1) is 0 Å². The SMILES string of the molecule is O=C1CO[C@H]2CCN(C(=O)N3CCC(c4ccc(-c5ccc(Cl)cc5Cl)cc4)CC3)C[C@H]2C1. The molecule has 3 aliphatic rings. The molecule has 0 saturated carbocycles. The normalized spacial score (nSPS) is 24.0. The Bertz CT molecular complexity index is 1030. The minimum absolute atomic E-state index is 0.109. The molecule has 7 heteroatoms. The third-order valence-corrected chi connectivity index (χ3v) is 7.82. The minimum atomic E-state index is 0.109. The first-order chi connectivity index (χ1) is 16.0. The highest BCUT2D eigenvalue weighted by Crippen LogP contribution is 2.34. The second-order valence-electron chi connectivity index (χ2n) is 9.38. The highest BCUT2D eigenvalue weighted by atomic mass is 35.5. The maximum Gasteiger partial charge on any atom is 0.320 e. The van der Waals surface area contributed by atoms with Crippen LogP contribution in [0.25, 0.3) is 11.1 Å². The number of halogens is 2. The average Bonchev–Trinajstić information content (AvgIpc) is 2.83. The number of benzene rings is 2. The Morgan fingerprint density at radius 3 is 2.39 bits per heavy atom. The molecule has 2 atom stereocenters. The molecule has 0 aromatic heterocycles. The van der Waals surface area contributed by atoms with E-state index in [1.807, 2.05) is 21.9 Å². The van der Waals surface area contributed by atoms with Gasteiger partial charge in [-0.1, -0.05) is 53.5 Å². The van der Waals surface area contributed by atoms with Crippen LogP contribution in [0.4, 0.5) is 4.79 Å². The van der Waals surface area contributed by atoms with Crippen molar-refractivity contribution >= 4 is 35.0 Å². The molecule has 5 rings (SSSR count). The number of carbonyl (C=O) groups is 2. The number of fused-ring (bicyclic) bond motifs is 1. The molecule has 2 amide bonds. The first kappa shape index (κ1) is 22.7. The zero-order valence-corrected chi connectivity index (χ0v) is 20.0. The number of piperidine rings is 2. The lowest BCUT2D eigenvalue weighted by Gasteiger charge is -2.43. The van der Waals surface area contributed by atoms with Crippen LogP contribution in [0.3, 0.4) is 0 Å². The predicted octanol–water partition coefficient (Wildman–Crippen LogP) is 5.64. The van der Waals surface area contributed by atoms with Gasteiger partial charge in [-0.25, -0.2) is 4.79 Å². The van der Waals surface area contributed by atoms with Crippen LogP contribution in [0, 0.1) is 5.92 Å². The van der Waals surface area contributed by atoms with Crippen molar-refractivity contribution in [2.75, 3.05) is 32.8 Å². The molecule has 33 heavy (non-hydrogen) atoms. The van der Waals surface area contributed by atoms with Crippen molar-refractivity contribution in [2.45, 2.75) is 37.7 Å². The van der Waals surface area contributed by atoms with Crippen LogP contribution in [0.5, 0.6) is 0 Å². The smallest absolute Gasteiger partial charge is 0.320 e. The van der Waals surface area contributed by atoms with E-state index in [-0.39, 0.29) is 30.4 Å². The lowest BCUT2D eigenvalue weighted by Crippen LogP contribution is -2.54. The van der Waals surface area contributed by atoms with E-state index in [1.165, 1.54) is 5.56 Å². The van der Waals surface area contributed by atoms with Crippen LogP contribution >= 0.6 is 23.2 Å². The van der Waals surface area contributed by atoms with E-state index in [9.17, 15) is 9.59 Å². The third kappa shape index (κ3) is 4.91. The number of rotatable bonds is 2. The molecule has 0 spiro atoms. The van der Waals surface area contributed by atoms with Gasteiger partial charge in [0.15, 0.2) is 5.78 Å². The van der Waals surface area contributed by atoms with E-state index in [1.54, 1.807) is 6.07 Å². The molecule has 0 unspecified atom stereocenters. The van der Waals surface area contributed by atoms with E-state index in [2.05, 4.69) is 24.3 Å². The first-order valence-electron chi connectivity index (χ1n) is 11.7. The Kier molecular flexibility index (Phi) is 6.64. The summed E-state index contributed by atoms with van der Waals surface area (Å²) >= 11 is 12.4. The van der Waals surface area contributed by atoms with Crippen LogP contribution in [0.15, 0.2) is 42.5 Å². The van der Waals surface area contributed by atoms with E-state index in [0.717, 1.165) is 43.5 Å². The predicted molar refractivity (Wildman–Crippen MR) is 130 cm³/mol. The van der Waals surface area contributed by atoms with Crippen LogP contribution in [0.2, 0.25) is 10.0 Å². The van der Waals surface area contributed by atoms with Crippen molar-refractivity contribution in [3.8, 4) is 11.1 Å². The fourth-order valence-corrected chi connectivity index (χ4v) is 5.93. The molecule has 0 radical (unpaired) electrons. The van der Waals surface area contributed by atoms with Crippen LogP contribution < -0.4 is 0 Å². The molecule has 2 aromatic carbocycles. The number of hydrogen-bond donors (Lipinski definition) is 0. The second kappa shape index (κ2) is 9.65. The van der Waals surface area contributed by atoms with E-state index >= 15 is 0 Å². The number of urea groups is 1. The largest absolute Gasteiger partial charge is 0.370 e. The summed E-state index contributed by atoms with van der Waals surface area (Å²) in [6, 6.07) is 14.2. The molecule has 174 valence electrons. The number of Topliss-reactive ketones (excluding diaryl/α,β-unsaturated/α-hetero) is 1. The van der Waals surface area contributed by atoms with Crippen LogP contribution in [0.1, 0.15) is 37.2 Å². The van der Waals surface area contributed by atoms with Crippen LogP contribution in [-0.2, 0) is 9.53 Å². The van der Waals surface area contributed by atoms with Crippen molar-refractivity contribution < 1.29 is 14.3 Å². The van der Waals surface area contributed by atoms with E-state index < -0.39 is 0 Å². The lowest BCUT2D eigenvalue weighted by molar-refractivity contribution is -0.139. The molecule has 3 heterocycles. The quantitative estimate of drug-likeness (QED) is 0.551. The Morgan fingerprint density at radius 1 is 0.939 bits per heavy atom. The second-order valence-corrected chi connectivity index (χ2v) is 10.2. The first-order valence-corrected chi connectivity index (χ1v) is 12.5. The standard InChI is InChI=1S/C26H28Cl2N2O3/c27-21-5-6-23(24(28)14-21)19-3-1-17(2-4-19)18-7-10-29(11-8-18)26(32)30-12-9-25-20(15-30)13-22(31)16-33-25/h1-6,14,18,20,25H,7-13,15-16H2/t20-,25+/m1/s1. The highest BCUT2D eigenvalue weighted by Gasteiger charge is 2.38. The number of carbonyl (C=O) groups excluding carboxylic acids is 2. The van der Waals surface area contributed by atoms with Crippen molar-refractivity contribution in [3.05, 3.63) is 58.1 Å². The maximum atomic E-state index is 13.1. The molecule has 3 fully saturated rings. The highest BCUT2D eigenvalue weighted by molar-refractivity contribution is 6.36. The monoisotopic (exact) mass is 486 g/mol.